The molecule has 0 amide bonds. The van der Waals surface area contributed by atoms with Crippen molar-refractivity contribution in [1.82, 2.24) is 14.7 Å². The minimum Gasteiger partial charge on any atom is -0.350 e. The Bertz CT molecular complexity index is 1400. The Morgan fingerprint density at radius 2 is 1.68 bits per heavy atom. The molecule has 1 fully saturated rings. The zero-order chi connectivity index (χ0) is 25.8. The van der Waals surface area contributed by atoms with Crippen molar-refractivity contribution in [3.63, 3.8) is 0 Å². The van der Waals surface area contributed by atoms with E-state index in [1.807, 2.05) is 41.1 Å². The molecule has 1 aliphatic rings. The average Bonchev–Trinajstić information content (AvgIpc) is 3.56. The maximum atomic E-state index is 6.63. The molecule has 0 aliphatic carbocycles. The fraction of sp³-hybridized carbons (Fsp3) is 0.242. The van der Waals surface area contributed by atoms with E-state index in [-0.39, 0.29) is 0 Å². The number of para-hydroxylation sites is 1. The molecule has 1 unspecified atom stereocenters. The first-order valence-corrected chi connectivity index (χ1v) is 13.5. The van der Waals surface area contributed by atoms with Gasteiger partial charge in [-0.25, -0.2) is 4.68 Å². The number of benzene rings is 3. The minimum absolute atomic E-state index is 0.436. The van der Waals surface area contributed by atoms with E-state index in [1.54, 1.807) is 0 Å². The number of likely N-dealkylation sites (tertiary alicyclic amines) is 1. The molecule has 0 spiro atoms. The number of nitrogens with zero attached hydrogens (tertiary/aromatic N) is 3. The molecule has 3 nitrogen and oxygen atoms in total. The Morgan fingerprint density at radius 1 is 0.973 bits per heavy atom. The third-order valence-corrected chi connectivity index (χ3v) is 7.71. The lowest BCUT2D eigenvalue weighted by Crippen LogP contribution is -2.20. The molecule has 0 saturated carbocycles. The van der Waals surface area contributed by atoms with Gasteiger partial charge < -0.3 is 4.90 Å². The second-order valence-electron chi connectivity index (χ2n) is 9.91. The first-order valence-electron chi connectivity index (χ1n) is 13.2. The molecular formula is C33H34ClN3. The summed E-state index contributed by atoms with van der Waals surface area (Å²) in [5, 5.41) is 5.81. The summed E-state index contributed by atoms with van der Waals surface area (Å²) in [6.07, 6.45) is 5.46. The van der Waals surface area contributed by atoms with Crippen molar-refractivity contribution in [2.75, 3.05) is 6.54 Å². The highest BCUT2D eigenvalue weighted by Crippen LogP contribution is 2.35. The molecule has 3 aromatic carbocycles. The summed E-state index contributed by atoms with van der Waals surface area (Å²) in [4.78, 5) is 2.32. The van der Waals surface area contributed by atoms with Gasteiger partial charge in [0, 0.05) is 34.1 Å². The average molecular weight is 508 g/mol. The van der Waals surface area contributed by atoms with Crippen molar-refractivity contribution in [3.05, 3.63) is 120 Å². The summed E-state index contributed by atoms with van der Waals surface area (Å²) in [6, 6.07) is 29.0. The first-order chi connectivity index (χ1) is 18.0. The zero-order valence-corrected chi connectivity index (χ0v) is 22.3. The Hall–Kier alpha value is -3.56. The van der Waals surface area contributed by atoms with E-state index >= 15 is 0 Å². The summed E-state index contributed by atoms with van der Waals surface area (Å²) in [5.74, 6) is 0.436. The van der Waals surface area contributed by atoms with Gasteiger partial charge in [0.1, 0.15) is 0 Å². The molecule has 1 aliphatic heterocycles. The maximum Gasteiger partial charge on any atom is 0.0936 e. The summed E-state index contributed by atoms with van der Waals surface area (Å²) in [7, 11) is 0. The number of allylic oxidation sites excluding steroid dienone is 2. The largest absolute Gasteiger partial charge is 0.350 e. The van der Waals surface area contributed by atoms with Gasteiger partial charge in [-0.3, -0.25) is 0 Å². The van der Waals surface area contributed by atoms with Gasteiger partial charge in [0.25, 0.3) is 0 Å². The highest BCUT2D eigenvalue weighted by molar-refractivity contribution is 6.33. The molecule has 2 heterocycles. The van der Waals surface area contributed by atoms with Gasteiger partial charge in [0.2, 0.25) is 0 Å². The van der Waals surface area contributed by atoms with Crippen LogP contribution in [-0.4, -0.2) is 21.2 Å². The van der Waals surface area contributed by atoms with Crippen LogP contribution in [0.5, 0.6) is 0 Å². The van der Waals surface area contributed by atoms with Crippen LogP contribution in [0.3, 0.4) is 0 Å². The quantitative estimate of drug-likeness (QED) is 0.225. The number of aromatic nitrogens is 2. The van der Waals surface area contributed by atoms with Gasteiger partial charge in [0.15, 0.2) is 0 Å². The van der Waals surface area contributed by atoms with Crippen LogP contribution in [0.15, 0.2) is 109 Å². The molecule has 1 aromatic heterocycles. The topological polar surface area (TPSA) is 21.1 Å². The van der Waals surface area contributed by atoms with Gasteiger partial charge in [-0.05, 0) is 67.9 Å². The van der Waals surface area contributed by atoms with Gasteiger partial charge in [0.05, 0.1) is 17.1 Å². The fourth-order valence-electron chi connectivity index (χ4n) is 5.24. The standard InChI is InChI=1S/C33H34ClN3/c1-24(26(3)36-22-12-14-25(36)2)13-11-16-27-15-7-8-19-29(27)32-23-33(30-20-9-10-21-31(30)34)37(35-32)28-17-5-4-6-18-28/h4-10,15,17-21,23-24H,2-3,11-14,16,22H2,1H3. The molecule has 37 heavy (non-hydrogen) atoms. The summed E-state index contributed by atoms with van der Waals surface area (Å²) >= 11 is 6.63. The second-order valence-corrected chi connectivity index (χ2v) is 10.3. The van der Waals surface area contributed by atoms with E-state index in [4.69, 9.17) is 16.7 Å². The first kappa shape index (κ1) is 25.1. The Labute approximate surface area is 225 Å². The Balaban J connectivity index is 1.40. The normalized spacial score (nSPS) is 14.2. The molecule has 1 saturated heterocycles. The van der Waals surface area contributed by atoms with Gasteiger partial charge in [-0.1, -0.05) is 92.3 Å². The van der Waals surface area contributed by atoms with Crippen LogP contribution in [0.1, 0.15) is 38.2 Å². The van der Waals surface area contributed by atoms with E-state index in [0.29, 0.717) is 10.9 Å². The van der Waals surface area contributed by atoms with Crippen molar-refractivity contribution >= 4 is 11.6 Å². The predicted octanol–water partition coefficient (Wildman–Crippen LogP) is 8.94. The van der Waals surface area contributed by atoms with Crippen LogP contribution in [0.25, 0.3) is 28.2 Å². The molecule has 188 valence electrons. The molecular weight excluding hydrogens is 474 g/mol. The van der Waals surface area contributed by atoms with Crippen molar-refractivity contribution in [2.45, 2.75) is 39.0 Å². The number of hydrogen-bond acceptors (Lipinski definition) is 2. The van der Waals surface area contributed by atoms with Crippen molar-refractivity contribution in [1.29, 1.82) is 0 Å². The zero-order valence-electron chi connectivity index (χ0n) is 21.5. The maximum absolute atomic E-state index is 6.63. The lowest BCUT2D eigenvalue weighted by Gasteiger charge is -2.26. The van der Waals surface area contributed by atoms with Gasteiger partial charge in [-0.2, -0.15) is 5.10 Å². The molecule has 5 rings (SSSR count). The highest BCUT2D eigenvalue weighted by Gasteiger charge is 2.21. The number of rotatable bonds is 9. The fourth-order valence-corrected chi connectivity index (χ4v) is 5.47. The summed E-state index contributed by atoms with van der Waals surface area (Å²) in [6.45, 7) is 12.0. The molecule has 1 atom stereocenters. The third kappa shape index (κ3) is 5.42. The van der Waals surface area contributed by atoms with Crippen molar-refractivity contribution in [3.8, 4) is 28.2 Å². The SMILES string of the molecule is C=C1CCCN1C(=C)C(C)CCCc1ccccc1-c1cc(-c2ccccc2Cl)n(-c2ccccc2)n1. The van der Waals surface area contributed by atoms with E-state index in [1.165, 1.54) is 28.9 Å². The molecule has 4 aromatic rings. The Kier molecular flexibility index (Phi) is 7.62. The van der Waals surface area contributed by atoms with Crippen LogP contribution in [-0.2, 0) is 6.42 Å². The van der Waals surface area contributed by atoms with E-state index in [9.17, 15) is 0 Å². The molecule has 0 bridgehead atoms. The van der Waals surface area contributed by atoms with Crippen LogP contribution in [0, 0.1) is 5.92 Å². The Morgan fingerprint density at radius 3 is 2.41 bits per heavy atom. The molecule has 0 radical (unpaired) electrons. The predicted molar refractivity (Wildman–Crippen MR) is 156 cm³/mol. The van der Waals surface area contributed by atoms with E-state index in [0.717, 1.165) is 54.9 Å². The highest BCUT2D eigenvalue weighted by atomic mass is 35.5. The van der Waals surface area contributed by atoms with Gasteiger partial charge >= 0.3 is 0 Å². The number of halogens is 1. The monoisotopic (exact) mass is 507 g/mol. The number of hydrogen-bond donors (Lipinski definition) is 0. The van der Waals surface area contributed by atoms with Crippen LogP contribution >= 0.6 is 11.6 Å². The smallest absolute Gasteiger partial charge is 0.0936 e. The molecule has 4 heteroatoms. The van der Waals surface area contributed by atoms with E-state index < -0.39 is 0 Å². The van der Waals surface area contributed by atoms with Crippen LogP contribution in [0.4, 0.5) is 0 Å². The van der Waals surface area contributed by atoms with E-state index in [2.05, 4.69) is 73.5 Å². The number of aryl methyl sites for hydroxylation is 1. The summed E-state index contributed by atoms with van der Waals surface area (Å²) in [5.41, 5.74) is 8.83. The van der Waals surface area contributed by atoms with Crippen LogP contribution < -0.4 is 0 Å². The molecule has 0 N–H and O–H groups in total. The van der Waals surface area contributed by atoms with Crippen molar-refractivity contribution < 1.29 is 0 Å². The lowest BCUT2D eigenvalue weighted by atomic mass is 9.95. The second kappa shape index (κ2) is 11.2. The third-order valence-electron chi connectivity index (χ3n) is 7.38. The summed E-state index contributed by atoms with van der Waals surface area (Å²) < 4.78 is 2.00. The van der Waals surface area contributed by atoms with Gasteiger partial charge in [-0.15, -0.1) is 0 Å². The van der Waals surface area contributed by atoms with Crippen LogP contribution in [0.2, 0.25) is 5.02 Å². The lowest BCUT2D eigenvalue weighted by molar-refractivity contribution is 0.403. The van der Waals surface area contributed by atoms with Crippen molar-refractivity contribution in [2.24, 2.45) is 5.92 Å². The minimum atomic E-state index is 0.436.